The molecule has 0 atom stereocenters. The molecule has 7 nitrogen and oxygen atoms in total. The maximum absolute atomic E-state index is 12.8. The molecule has 0 saturated heterocycles. The molecule has 0 bridgehead atoms. The van der Waals surface area contributed by atoms with E-state index in [1.54, 1.807) is 25.3 Å². The molecule has 0 aliphatic rings. The predicted molar refractivity (Wildman–Crippen MR) is 103 cm³/mol. The SMILES string of the molecule is CSc1nc(-c2ccco2)nc(C)c1C(=O)Nc1nnc(C(C)(C)C)s1. The van der Waals surface area contributed by atoms with Crippen LogP contribution in [-0.2, 0) is 5.41 Å². The summed E-state index contributed by atoms with van der Waals surface area (Å²) in [6, 6.07) is 3.56. The number of hydrogen-bond donors (Lipinski definition) is 1. The van der Waals surface area contributed by atoms with Crippen molar-refractivity contribution in [1.82, 2.24) is 20.2 Å². The lowest BCUT2D eigenvalue weighted by atomic mass is 9.98. The van der Waals surface area contributed by atoms with E-state index < -0.39 is 0 Å². The minimum absolute atomic E-state index is 0.116. The molecule has 1 amide bonds. The summed E-state index contributed by atoms with van der Waals surface area (Å²) in [7, 11) is 0. The molecular formula is C17H19N5O2S2. The Morgan fingerprint density at radius 2 is 2.04 bits per heavy atom. The maximum Gasteiger partial charge on any atom is 0.262 e. The highest BCUT2D eigenvalue weighted by atomic mass is 32.2. The van der Waals surface area contributed by atoms with Crippen LogP contribution < -0.4 is 5.32 Å². The summed E-state index contributed by atoms with van der Waals surface area (Å²) < 4.78 is 5.35. The largest absolute Gasteiger partial charge is 0.461 e. The Bertz CT molecular complexity index is 929. The van der Waals surface area contributed by atoms with Gasteiger partial charge in [0, 0.05) is 5.41 Å². The highest BCUT2D eigenvalue weighted by Crippen LogP contribution is 2.29. The van der Waals surface area contributed by atoms with Crippen LogP contribution in [0.1, 0.15) is 41.8 Å². The minimum Gasteiger partial charge on any atom is -0.461 e. The third kappa shape index (κ3) is 3.78. The molecule has 136 valence electrons. The molecule has 0 aliphatic carbocycles. The van der Waals surface area contributed by atoms with Crippen LogP contribution in [0.25, 0.3) is 11.6 Å². The fourth-order valence-corrected chi connectivity index (χ4v) is 3.63. The maximum atomic E-state index is 12.8. The van der Waals surface area contributed by atoms with Gasteiger partial charge in [0.05, 0.1) is 17.5 Å². The smallest absolute Gasteiger partial charge is 0.262 e. The van der Waals surface area contributed by atoms with Gasteiger partial charge in [-0.1, -0.05) is 32.1 Å². The fraction of sp³-hybridized carbons (Fsp3) is 0.353. The lowest BCUT2D eigenvalue weighted by molar-refractivity contribution is 0.102. The van der Waals surface area contributed by atoms with E-state index in [-0.39, 0.29) is 11.3 Å². The zero-order chi connectivity index (χ0) is 18.9. The molecule has 0 unspecified atom stereocenters. The van der Waals surface area contributed by atoms with E-state index in [4.69, 9.17) is 4.42 Å². The van der Waals surface area contributed by atoms with Gasteiger partial charge in [-0.15, -0.1) is 22.0 Å². The third-order valence-electron chi connectivity index (χ3n) is 3.51. The van der Waals surface area contributed by atoms with E-state index in [2.05, 4.69) is 46.3 Å². The molecule has 1 N–H and O–H groups in total. The van der Waals surface area contributed by atoms with Crippen LogP contribution in [0.4, 0.5) is 5.13 Å². The van der Waals surface area contributed by atoms with Gasteiger partial charge in [-0.3, -0.25) is 10.1 Å². The van der Waals surface area contributed by atoms with E-state index in [1.165, 1.54) is 23.1 Å². The summed E-state index contributed by atoms with van der Waals surface area (Å²) in [5.41, 5.74) is 0.892. The first kappa shape index (κ1) is 18.5. The first-order valence-corrected chi connectivity index (χ1v) is 9.95. The highest BCUT2D eigenvalue weighted by molar-refractivity contribution is 7.98. The zero-order valence-corrected chi connectivity index (χ0v) is 16.8. The summed E-state index contributed by atoms with van der Waals surface area (Å²) in [5.74, 6) is 0.725. The van der Waals surface area contributed by atoms with Crippen molar-refractivity contribution in [3.8, 4) is 11.6 Å². The number of aromatic nitrogens is 4. The van der Waals surface area contributed by atoms with Crippen molar-refractivity contribution >= 4 is 34.1 Å². The van der Waals surface area contributed by atoms with Crippen LogP contribution in [0.3, 0.4) is 0 Å². The number of carbonyl (C=O) groups is 1. The fourth-order valence-electron chi connectivity index (χ4n) is 2.21. The monoisotopic (exact) mass is 389 g/mol. The van der Waals surface area contributed by atoms with Crippen LogP contribution in [-0.4, -0.2) is 32.3 Å². The van der Waals surface area contributed by atoms with Crippen molar-refractivity contribution in [3.63, 3.8) is 0 Å². The molecule has 0 spiro atoms. The van der Waals surface area contributed by atoms with Gasteiger partial charge in [-0.05, 0) is 25.3 Å². The number of amides is 1. The standard InChI is InChI=1S/C17H19N5O2S2/c1-9-11(13(23)20-16-22-21-15(26-16)17(2,3)4)14(25-5)19-12(18-9)10-7-6-8-24-10/h6-8H,1-5H3,(H,20,22,23). The quantitative estimate of drug-likeness (QED) is 0.529. The number of thioether (sulfide) groups is 1. The number of anilines is 1. The van der Waals surface area contributed by atoms with Gasteiger partial charge in [0.15, 0.2) is 11.6 Å². The second-order valence-electron chi connectivity index (χ2n) is 6.61. The normalized spacial score (nSPS) is 11.6. The molecule has 0 aromatic carbocycles. The van der Waals surface area contributed by atoms with Gasteiger partial charge in [-0.2, -0.15) is 0 Å². The van der Waals surface area contributed by atoms with Crippen molar-refractivity contribution in [3.05, 3.63) is 34.7 Å². The molecule has 3 rings (SSSR count). The van der Waals surface area contributed by atoms with E-state index in [0.29, 0.717) is 33.0 Å². The van der Waals surface area contributed by atoms with Crippen LogP contribution in [0.5, 0.6) is 0 Å². The van der Waals surface area contributed by atoms with E-state index in [1.807, 2.05) is 6.26 Å². The van der Waals surface area contributed by atoms with Crippen molar-refractivity contribution < 1.29 is 9.21 Å². The average Bonchev–Trinajstić information content (AvgIpc) is 3.24. The summed E-state index contributed by atoms with van der Waals surface area (Å²) in [6.07, 6.45) is 3.43. The van der Waals surface area contributed by atoms with Crippen molar-refractivity contribution in [2.24, 2.45) is 0 Å². The topological polar surface area (TPSA) is 93.8 Å². The second-order valence-corrected chi connectivity index (χ2v) is 8.38. The lowest BCUT2D eigenvalue weighted by Gasteiger charge is -2.12. The Kier molecular flexibility index (Phi) is 5.10. The average molecular weight is 390 g/mol. The molecule has 0 saturated carbocycles. The Morgan fingerprint density at radius 1 is 1.27 bits per heavy atom. The van der Waals surface area contributed by atoms with Gasteiger partial charge in [0.1, 0.15) is 10.0 Å². The molecule has 0 aliphatic heterocycles. The molecule has 3 aromatic rings. The van der Waals surface area contributed by atoms with Crippen molar-refractivity contribution in [2.45, 2.75) is 38.1 Å². The number of rotatable bonds is 4. The van der Waals surface area contributed by atoms with Gasteiger partial charge >= 0.3 is 0 Å². The molecule has 0 fully saturated rings. The molecule has 3 aromatic heterocycles. The number of carbonyl (C=O) groups excluding carboxylic acids is 1. The molecule has 26 heavy (non-hydrogen) atoms. The van der Waals surface area contributed by atoms with Crippen molar-refractivity contribution in [1.29, 1.82) is 0 Å². The van der Waals surface area contributed by atoms with Gasteiger partial charge in [0.25, 0.3) is 5.91 Å². The Morgan fingerprint density at radius 3 is 2.62 bits per heavy atom. The number of furan rings is 1. The zero-order valence-electron chi connectivity index (χ0n) is 15.2. The minimum atomic E-state index is -0.297. The number of nitrogens with one attached hydrogen (secondary N) is 1. The summed E-state index contributed by atoms with van der Waals surface area (Å²) in [6.45, 7) is 7.94. The number of aryl methyl sites for hydroxylation is 1. The Labute approximate surface area is 159 Å². The molecule has 0 radical (unpaired) electrons. The second kappa shape index (κ2) is 7.16. The van der Waals surface area contributed by atoms with E-state index in [0.717, 1.165) is 5.01 Å². The first-order chi connectivity index (χ1) is 12.3. The van der Waals surface area contributed by atoms with Gasteiger partial charge in [0.2, 0.25) is 5.13 Å². The van der Waals surface area contributed by atoms with Crippen LogP contribution in [0.2, 0.25) is 0 Å². The first-order valence-electron chi connectivity index (χ1n) is 7.91. The molecular weight excluding hydrogens is 370 g/mol. The summed E-state index contributed by atoms with van der Waals surface area (Å²) in [4.78, 5) is 21.7. The number of nitrogens with zero attached hydrogens (tertiary/aromatic N) is 4. The van der Waals surface area contributed by atoms with Crippen molar-refractivity contribution in [2.75, 3.05) is 11.6 Å². The highest BCUT2D eigenvalue weighted by Gasteiger charge is 2.23. The predicted octanol–water partition coefficient (Wildman–Crippen LogP) is 4.17. The Balaban J connectivity index is 1.90. The lowest BCUT2D eigenvalue weighted by Crippen LogP contribution is -2.16. The molecule has 3 heterocycles. The molecule has 9 heteroatoms. The summed E-state index contributed by atoms with van der Waals surface area (Å²) >= 11 is 2.75. The summed E-state index contributed by atoms with van der Waals surface area (Å²) in [5, 5.41) is 12.9. The van der Waals surface area contributed by atoms with E-state index in [9.17, 15) is 4.79 Å². The number of hydrogen-bond acceptors (Lipinski definition) is 8. The van der Waals surface area contributed by atoms with E-state index >= 15 is 0 Å². The van der Waals surface area contributed by atoms with Crippen LogP contribution in [0, 0.1) is 6.92 Å². The Hall–Kier alpha value is -2.26. The third-order valence-corrected chi connectivity index (χ3v) is 5.45. The van der Waals surface area contributed by atoms with Crippen LogP contribution >= 0.6 is 23.1 Å². The van der Waals surface area contributed by atoms with Gasteiger partial charge < -0.3 is 4.42 Å². The van der Waals surface area contributed by atoms with Gasteiger partial charge in [-0.25, -0.2) is 9.97 Å². The van der Waals surface area contributed by atoms with Crippen LogP contribution in [0.15, 0.2) is 27.8 Å².